The number of rotatable bonds is 4. The van der Waals surface area contributed by atoms with Crippen molar-refractivity contribution in [2.24, 2.45) is 5.92 Å². The Bertz CT molecular complexity index is 831. The van der Waals surface area contributed by atoms with E-state index in [2.05, 4.69) is 4.98 Å². The van der Waals surface area contributed by atoms with Crippen molar-refractivity contribution in [2.75, 3.05) is 31.7 Å². The van der Waals surface area contributed by atoms with E-state index in [0.29, 0.717) is 27.9 Å². The van der Waals surface area contributed by atoms with E-state index in [-0.39, 0.29) is 32.5 Å². The summed E-state index contributed by atoms with van der Waals surface area (Å²) in [6, 6.07) is 5.18. The van der Waals surface area contributed by atoms with Gasteiger partial charge in [0.05, 0.1) is 36.4 Å². The summed E-state index contributed by atoms with van der Waals surface area (Å²) >= 11 is 0. The van der Waals surface area contributed by atoms with Gasteiger partial charge in [-0.25, -0.2) is 4.79 Å². The topological polar surface area (TPSA) is 51.7 Å². The van der Waals surface area contributed by atoms with E-state index in [1.54, 1.807) is 25.1 Å². The summed E-state index contributed by atoms with van der Waals surface area (Å²) in [6.07, 6.45) is -2.64. The second-order valence-corrected chi connectivity index (χ2v) is 6.47. The first kappa shape index (κ1) is 19.3. The van der Waals surface area contributed by atoms with Gasteiger partial charge in [0.1, 0.15) is 5.75 Å². The summed E-state index contributed by atoms with van der Waals surface area (Å²) < 4.78 is 49.1. The SMILES string of the molecule is CCOC(=O)c1cnc2c(N3CCC(C(F)(F)F)CC3)cc(OC)cc2c1. The molecule has 0 N–H and O–H groups in total. The van der Waals surface area contributed by atoms with Crippen molar-refractivity contribution in [3.8, 4) is 5.75 Å². The number of nitrogens with zero attached hydrogens (tertiary/aromatic N) is 2. The molecule has 0 spiro atoms. The van der Waals surface area contributed by atoms with E-state index in [1.807, 2.05) is 4.90 Å². The summed E-state index contributed by atoms with van der Waals surface area (Å²) in [5.74, 6) is -1.19. The number of fused-ring (bicyclic) bond motifs is 1. The predicted octanol–water partition coefficient (Wildman–Crippen LogP) is 4.20. The molecule has 1 aliphatic heterocycles. The number of piperidine rings is 1. The first-order chi connectivity index (χ1) is 12.8. The fourth-order valence-corrected chi connectivity index (χ4v) is 3.34. The molecule has 27 heavy (non-hydrogen) atoms. The normalized spacial score (nSPS) is 15.8. The van der Waals surface area contributed by atoms with Crippen molar-refractivity contribution < 1.29 is 27.4 Å². The summed E-state index contributed by atoms with van der Waals surface area (Å²) in [7, 11) is 1.52. The Morgan fingerprint density at radius 3 is 2.56 bits per heavy atom. The van der Waals surface area contributed by atoms with Crippen LogP contribution in [-0.4, -0.2) is 43.9 Å². The maximum absolute atomic E-state index is 12.9. The smallest absolute Gasteiger partial charge is 0.391 e. The lowest BCUT2D eigenvalue weighted by molar-refractivity contribution is -0.179. The molecule has 1 aromatic carbocycles. The summed E-state index contributed by atoms with van der Waals surface area (Å²) in [6.45, 7) is 2.55. The minimum Gasteiger partial charge on any atom is -0.497 e. The highest BCUT2D eigenvalue weighted by Gasteiger charge is 2.41. The zero-order valence-electron chi connectivity index (χ0n) is 15.2. The number of hydrogen-bond donors (Lipinski definition) is 0. The molecule has 3 rings (SSSR count). The van der Waals surface area contributed by atoms with Crippen LogP contribution in [0, 0.1) is 5.92 Å². The Balaban J connectivity index is 1.94. The van der Waals surface area contributed by atoms with Gasteiger partial charge in [0.2, 0.25) is 0 Å². The lowest BCUT2D eigenvalue weighted by Crippen LogP contribution is -2.39. The molecule has 0 aliphatic carbocycles. The molecule has 0 bridgehead atoms. The summed E-state index contributed by atoms with van der Waals surface area (Å²) in [5, 5.41) is 0.674. The van der Waals surface area contributed by atoms with Gasteiger partial charge < -0.3 is 14.4 Å². The third-order valence-electron chi connectivity index (χ3n) is 4.78. The molecule has 5 nitrogen and oxygen atoms in total. The zero-order valence-corrected chi connectivity index (χ0v) is 15.2. The molecule has 8 heteroatoms. The Hall–Kier alpha value is -2.51. The number of pyridine rings is 1. The number of halogens is 3. The van der Waals surface area contributed by atoms with Crippen molar-refractivity contribution in [1.82, 2.24) is 4.98 Å². The molecular weight excluding hydrogens is 361 g/mol. The molecule has 0 saturated carbocycles. The molecule has 0 amide bonds. The number of anilines is 1. The lowest BCUT2D eigenvalue weighted by Gasteiger charge is -2.34. The average molecular weight is 382 g/mol. The number of carbonyl (C=O) groups is 1. The highest BCUT2D eigenvalue weighted by atomic mass is 19.4. The van der Waals surface area contributed by atoms with Crippen LogP contribution in [-0.2, 0) is 4.74 Å². The van der Waals surface area contributed by atoms with E-state index in [9.17, 15) is 18.0 Å². The Morgan fingerprint density at radius 2 is 1.96 bits per heavy atom. The first-order valence-electron chi connectivity index (χ1n) is 8.80. The molecule has 1 fully saturated rings. The van der Waals surface area contributed by atoms with Gasteiger partial charge in [-0.3, -0.25) is 4.98 Å². The Labute approximate surface area is 155 Å². The second kappa shape index (κ2) is 7.62. The molecule has 1 saturated heterocycles. The van der Waals surface area contributed by atoms with Gasteiger partial charge in [-0.05, 0) is 31.9 Å². The highest BCUT2D eigenvalue weighted by Crippen LogP contribution is 2.38. The van der Waals surface area contributed by atoms with Crippen molar-refractivity contribution in [3.63, 3.8) is 0 Å². The van der Waals surface area contributed by atoms with Gasteiger partial charge >= 0.3 is 12.1 Å². The van der Waals surface area contributed by atoms with E-state index >= 15 is 0 Å². The van der Waals surface area contributed by atoms with Crippen LogP contribution in [0.1, 0.15) is 30.1 Å². The van der Waals surface area contributed by atoms with Gasteiger partial charge in [-0.2, -0.15) is 13.2 Å². The largest absolute Gasteiger partial charge is 0.497 e. The number of aromatic nitrogens is 1. The van der Waals surface area contributed by atoms with Crippen LogP contribution in [0.3, 0.4) is 0 Å². The van der Waals surface area contributed by atoms with Crippen LogP contribution >= 0.6 is 0 Å². The van der Waals surface area contributed by atoms with E-state index in [1.165, 1.54) is 13.3 Å². The fraction of sp³-hybridized carbons (Fsp3) is 0.474. The van der Waals surface area contributed by atoms with Gasteiger partial charge in [-0.1, -0.05) is 0 Å². The summed E-state index contributed by atoms with van der Waals surface area (Å²) in [4.78, 5) is 18.2. The minimum absolute atomic E-state index is 0.0448. The number of esters is 1. The minimum atomic E-state index is -4.16. The number of alkyl halides is 3. The number of ether oxygens (including phenoxy) is 2. The Morgan fingerprint density at radius 1 is 1.26 bits per heavy atom. The van der Waals surface area contributed by atoms with Crippen molar-refractivity contribution in [1.29, 1.82) is 0 Å². The molecule has 2 heterocycles. The first-order valence-corrected chi connectivity index (χ1v) is 8.80. The molecular formula is C19H21F3N2O3. The van der Waals surface area contributed by atoms with E-state index in [4.69, 9.17) is 9.47 Å². The number of hydrogen-bond acceptors (Lipinski definition) is 5. The molecule has 0 radical (unpaired) electrons. The molecule has 2 aromatic rings. The average Bonchev–Trinajstić information content (AvgIpc) is 2.66. The maximum atomic E-state index is 12.9. The molecule has 1 aliphatic rings. The Kier molecular flexibility index (Phi) is 5.43. The molecule has 0 atom stereocenters. The third-order valence-corrected chi connectivity index (χ3v) is 4.78. The van der Waals surface area contributed by atoms with Crippen LogP contribution in [0.5, 0.6) is 5.75 Å². The van der Waals surface area contributed by atoms with E-state index < -0.39 is 18.1 Å². The second-order valence-electron chi connectivity index (χ2n) is 6.47. The van der Waals surface area contributed by atoms with Gasteiger partial charge in [-0.15, -0.1) is 0 Å². The van der Waals surface area contributed by atoms with Crippen molar-refractivity contribution >= 4 is 22.6 Å². The summed E-state index contributed by atoms with van der Waals surface area (Å²) in [5.41, 5.74) is 1.65. The van der Waals surface area contributed by atoms with E-state index in [0.717, 1.165) is 0 Å². The molecule has 146 valence electrons. The highest BCUT2D eigenvalue weighted by molar-refractivity contribution is 5.98. The zero-order chi connectivity index (χ0) is 19.6. The monoisotopic (exact) mass is 382 g/mol. The maximum Gasteiger partial charge on any atom is 0.391 e. The fourth-order valence-electron chi connectivity index (χ4n) is 3.34. The third kappa shape index (κ3) is 4.09. The number of benzene rings is 1. The number of methoxy groups -OCH3 is 1. The van der Waals surface area contributed by atoms with Crippen molar-refractivity contribution in [3.05, 3.63) is 30.0 Å². The lowest BCUT2D eigenvalue weighted by atomic mass is 9.95. The number of carbonyl (C=O) groups excluding carboxylic acids is 1. The van der Waals surface area contributed by atoms with Gasteiger partial charge in [0.25, 0.3) is 0 Å². The van der Waals surface area contributed by atoms with Crippen LogP contribution in [0.2, 0.25) is 0 Å². The van der Waals surface area contributed by atoms with Crippen LogP contribution in [0.15, 0.2) is 24.4 Å². The van der Waals surface area contributed by atoms with Crippen LogP contribution in [0.4, 0.5) is 18.9 Å². The molecule has 0 unspecified atom stereocenters. The van der Waals surface area contributed by atoms with Gasteiger partial charge in [0, 0.05) is 30.7 Å². The molecule has 1 aromatic heterocycles. The quantitative estimate of drug-likeness (QED) is 0.742. The van der Waals surface area contributed by atoms with Crippen LogP contribution < -0.4 is 9.64 Å². The van der Waals surface area contributed by atoms with Crippen molar-refractivity contribution in [2.45, 2.75) is 25.9 Å². The van der Waals surface area contributed by atoms with Crippen LogP contribution in [0.25, 0.3) is 10.9 Å². The van der Waals surface area contributed by atoms with Gasteiger partial charge in [0.15, 0.2) is 0 Å². The predicted molar refractivity (Wildman–Crippen MR) is 95.2 cm³/mol. The standard InChI is InChI=1S/C19H21F3N2O3/c1-3-27-18(25)13-8-12-9-15(26-2)10-16(17(12)23-11-13)24-6-4-14(5-7-24)19(20,21)22/h8-11,14H,3-7H2,1-2H3.